The smallest absolute Gasteiger partial charge is 0.416 e. The summed E-state index contributed by atoms with van der Waals surface area (Å²) in [5, 5.41) is 1.84. The van der Waals surface area contributed by atoms with Crippen molar-refractivity contribution in [1.29, 1.82) is 0 Å². The van der Waals surface area contributed by atoms with Crippen LogP contribution in [0.2, 0.25) is 0 Å². The molecule has 2 aliphatic heterocycles. The lowest BCUT2D eigenvalue weighted by Gasteiger charge is -2.31. The molecule has 238 valence electrons. The van der Waals surface area contributed by atoms with Crippen molar-refractivity contribution >= 4 is 52.2 Å². The van der Waals surface area contributed by atoms with Crippen molar-refractivity contribution < 1.29 is 37.0 Å². The molecule has 1 saturated heterocycles. The summed E-state index contributed by atoms with van der Waals surface area (Å²) < 4.78 is 51.7. The number of thiazole rings is 1. The van der Waals surface area contributed by atoms with Gasteiger partial charge in [-0.05, 0) is 55.0 Å². The number of alkyl halides is 3. The van der Waals surface area contributed by atoms with Gasteiger partial charge in [-0.15, -0.1) is 0 Å². The van der Waals surface area contributed by atoms with Crippen LogP contribution in [0.5, 0.6) is 11.5 Å². The van der Waals surface area contributed by atoms with Gasteiger partial charge >= 0.3 is 11.0 Å². The summed E-state index contributed by atoms with van der Waals surface area (Å²) in [7, 11) is 2.95. The van der Waals surface area contributed by atoms with E-state index in [1.54, 1.807) is 42.5 Å². The van der Waals surface area contributed by atoms with Gasteiger partial charge < -0.3 is 14.8 Å². The van der Waals surface area contributed by atoms with E-state index in [0.717, 1.165) is 45.7 Å². The largest absolute Gasteiger partial charge is 0.493 e. The minimum absolute atomic E-state index is 0.0850. The van der Waals surface area contributed by atoms with Crippen molar-refractivity contribution in [1.82, 2.24) is 4.57 Å². The van der Waals surface area contributed by atoms with Gasteiger partial charge in [-0.25, -0.2) is 4.90 Å². The second-order valence-corrected chi connectivity index (χ2v) is 12.9. The molecule has 1 fully saturated rings. The summed E-state index contributed by atoms with van der Waals surface area (Å²) in [6.07, 6.45) is -4.60. The zero-order valence-corrected chi connectivity index (χ0v) is 26.2. The number of carbonyl (C=O) groups excluding carboxylic acids is 3. The quantitative estimate of drug-likeness (QED) is 0.252. The number of fused-ring (bicyclic) bond motifs is 2. The Bertz CT molecular complexity index is 1920. The Labute approximate surface area is 268 Å². The zero-order chi connectivity index (χ0) is 32.9. The van der Waals surface area contributed by atoms with Crippen LogP contribution in [0.25, 0.3) is 0 Å². The second kappa shape index (κ2) is 12.0. The van der Waals surface area contributed by atoms with E-state index in [1.165, 1.54) is 30.9 Å². The number of aryl methyl sites for hydroxylation is 1. The number of aromatic nitrogens is 1. The van der Waals surface area contributed by atoms with Gasteiger partial charge in [0.1, 0.15) is 11.8 Å². The molecule has 3 atom stereocenters. The summed E-state index contributed by atoms with van der Waals surface area (Å²) in [5.41, 5.74) is 0.953. The Kier molecular flexibility index (Phi) is 8.19. The second-order valence-electron chi connectivity index (χ2n) is 10.8. The van der Waals surface area contributed by atoms with Crippen molar-refractivity contribution in [2.45, 2.75) is 35.8 Å². The van der Waals surface area contributed by atoms with Crippen LogP contribution in [-0.2, 0) is 27.1 Å². The number of hydrogen-bond donors (Lipinski definition) is 1. The number of halogens is 3. The van der Waals surface area contributed by atoms with E-state index in [-0.39, 0.29) is 5.69 Å². The number of nitrogens with zero attached hydrogens (tertiary/aromatic N) is 2. The summed E-state index contributed by atoms with van der Waals surface area (Å²) >= 11 is 1.89. The predicted octanol–water partition coefficient (Wildman–Crippen LogP) is 5.69. The zero-order valence-electron chi connectivity index (χ0n) is 24.6. The number of anilines is 2. The molecule has 0 saturated carbocycles. The van der Waals surface area contributed by atoms with E-state index in [0.29, 0.717) is 32.7 Å². The SMILES string of the molecule is COc1ccc([C@@H]2c3sc(=O)n(CC(=O)Nc4cccc(C(F)(F)F)c4)c3SC3C(=O)N(c4ccc(C)cc4)C(=O)C32)cc1OC. The van der Waals surface area contributed by atoms with E-state index < -0.39 is 58.0 Å². The Morgan fingerprint density at radius 1 is 0.935 bits per heavy atom. The van der Waals surface area contributed by atoms with E-state index in [4.69, 9.17) is 9.47 Å². The van der Waals surface area contributed by atoms with Gasteiger partial charge in [-0.1, -0.05) is 52.9 Å². The number of ether oxygens (including phenoxy) is 2. The number of nitrogens with one attached hydrogen (secondary N) is 1. The number of rotatable bonds is 7. The lowest BCUT2D eigenvalue weighted by Crippen LogP contribution is -2.33. The molecule has 1 N–H and O–H groups in total. The lowest BCUT2D eigenvalue weighted by atomic mass is 9.83. The fourth-order valence-electron chi connectivity index (χ4n) is 5.73. The van der Waals surface area contributed by atoms with E-state index in [9.17, 15) is 32.3 Å². The number of imide groups is 1. The van der Waals surface area contributed by atoms with Gasteiger partial charge in [0.25, 0.3) is 0 Å². The topological polar surface area (TPSA) is 107 Å². The Balaban J connectivity index is 1.41. The van der Waals surface area contributed by atoms with Crippen LogP contribution in [0.1, 0.15) is 27.5 Å². The molecule has 14 heteroatoms. The first kappa shape index (κ1) is 31.4. The highest BCUT2D eigenvalue weighted by atomic mass is 32.2. The lowest BCUT2D eigenvalue weighted by molar-refractivity contribution is -0.137. The molecule has 2 unspecified atom stereocenters. The van der Waals surface area contributed by atoms with Crippen molar-refractivity contribution in [2.24, 2.45) is 5.92 Å². The molecule has 3 amide bonds. The Hall–Kier alpha value is -4.56. The highest BCUT2D eigenvalue weighted by molar-refractivity contribution is 8.00. The molecule has 0 bridgehead atoms. The highest BCUT2D eigenvalue weighted by Crippen LogP contribution is 2.54. The summed E-state index contributed by atoms with van der Waals surface area (Å²) in [6, 6.07) is 16.3. The fraction of sp³-hybridized carbons (Fsp3) is 0.250. The number of amides is 3. The molecule has 6 rings (SSSR count). The maximum atomic E-state index is 14.1. The van der Waals surface area contributed by atoms with Crippen LogP contribution < -0.4 is 24.6 Å². The van der Waals surface area contributed by atoms with Crippen LogP contribution in [0, 0.1) is 12.8 Å². The van der Waals surface area contributed by atoms with Gasteiger partial charge in [0, 0.05) is 16.5 Å². The molecule has 3 aromatic carbocycles. The van der Waals surface area contributed by atoms with Gasteiger partial charge in [0.2, 0.25) is 17.7 Å². The van der Waals surface area contributed by atoms with Crippen LogP contribution >= 0.6 is 23.1 Å². The maximum Gasteiger partial charge on any atom is 0.416 e. The van der Waals surface area contributed by atoms with Gasteiger partial charge in [-0.2, -0.15) is 13.2 Å². The third kappa shape index (κ3) is 5.55. The van der Waals surface area contributed by atoms with Gasteiger partial charge in [0.05, 0.1) is 36.4 Å². The number of methoxy groups -OCH3 is 2. The average molecular weight is 670 g/mol. The van der Waals surface area contributed by atoms with Crippen molar-refractivity contribution in [3.05, 3.63) is 98.0 Å². The normalized spacial score (nSPS) is 19.1. The van der Waals surface area contributed by atoms with Gasteiger partial charge in [-0.3, -0.25) is 23.7 Å². The van der Waals surface area contributed by atoms with E-state index in [1.807, 2.05) is 6.92 Å². The molecule has 46 heavy (non-hydrogen) atoms. The third-order valence-corrected chi connectivity index (χ3v) is 10.5. The van der Waals surface area contributed by atoms with E-state index >= 15 is 0 Å². The minimum atomic E-state index is -4.60. The molecular weight excluding hydrogens is 643 g/mol. The molecule has 9 nitrogen and oxygen atoms in total. The average Bonchev–Trinajstić information content (AvgIpc) is 3.47. The predicted molar refractivity (Wildman–Crippen MR) is 167 cm³/mol. The van der Waals surface area contributed by atoms with Crippen LogP contribution in [-0.4, -0.2) is 41.8 Å². The molecule has 0 aliphatic carbocycles. The van der Waals surface area contributed by atoms with Crippen molar-refractivity contribution in [3.8, 4) is 11.5 Å². The number of benzene rings is 3. The fourth-order valence-corrected chi connectivity index (χ4v) is 8.50. The van der Waals surface area contributed by atoms with Crippen molar-refractivity contribution in [3.63, 3.8) is 0 Å². The van der Waals surface area contributed by atoms with E-state index in [2.05, 4.69) is 5.32 Å². The molecule has 0 spiro atoms. The van der Waals surface area contributed by atoms with Gasteiger partial charge in [0.15, 0.2) is 11.5 Å². The number of carbonyl (C=O) groups is 3. The summed E-state index contributed by atoms with van der Waals surface area (Å²) in [6.45, 7) is 1.37. The first-order valence-electron chi connectivity index (χ1n) is 13.9. The van der Waals surface area contributed by atoms with Crippen LogP contribution in [0.4, 0.5) is 24.5 Å². The standard InChI is InChI=1S/C32H26F3N3O6S2/c1-16-7-10-20(11-8-16)38-28(40)25-24(17-9-12-21(43-2)22(13-17)44-3)27-30(45-26(25)29(38)41)37(31(42)46-27)15-23(39)36-19-6-4-5-18(14-19)32(33,34)35/h4-14,24-26H,15H2,1-3H3,(H,36,39)/t24-,25?,26?/m0/s1. The molecule has 4 aromatic rings. The van der Waals surface area contributed by atoms with Crippen molar-refractivity contribution in [2.75, 3.05) is 24.4 Å². The first-order valence-corrected chi connectivity index (χ1v) is 15.6. The molecule has 2 aliphatic rings. The molecule has 0 radical (unpaired) electrons. The summed E-state index contributed by atoms with van der Waals surface area (Å²) in [4.78, 5) is 55.6. The summed E-state index contributed by atoms with van der Waals surface area (Å²) in [5.74, 6) is -2.42. The number of hydrogen-bond acceptors (Lipinski definition) is 8. The highest BCUT2D eigenvalue weighted by Gasteiger charge is 2.57. The molecule has 1 aromatic heterocycles. The maximum absolute atomic E-state index is 14.1. The molecule has 3 heterocycles. The van der Waals surface area contributed by atoms with Crippen LogP contribution in [0.15, 0.2) is 76.6 Å². The Morgan fingerprint density at radius 3 is 2.33 bits per heavy atom. The van der Waals surface area contributed by atoms with Crippen LogP contribution in [0.3, 0.4) is 0 Å². The third-order valence-electron chi connectivity index (χ3n) is 7.88. The number of thioether (sulfide) groups is 1. The Morgan fingerprint density at radius 2 is 1.65 bits per heavy atom. The monoisotopic (exact) mass is 669 g/mol. The first-order chi connectivity index (χ1) is 21.9. The minimum Gasteiger partial charge on any atom is -0.493 e. The molecular formula is C32H26F3N3O6S2.